The molecule has 0 aliphatic carbocycles. The number of benzene rings is 5. The van der Waals surface area contributed by atoms with Crippen molar-refractivity contribution in [3.8, 4) is 0 Å². The van der Waals surface area contributed by atoms with E-state index in [1.54, 1.807) is 0 Å². The monoisotopic (exact) mass is 277 g/mol. The van der Waals surface area contributed by atoms with Gasteiger partial charge in [0.25, 0.3) is 0 Å². The fraction of sp³-hybridized carbons (Fsp3) is 0. The summed E-state index contributed by atoms with van der Waals surface area (Å²) in [5.74, 6) is 0. The Labute approximate surface area is 128 Å². The van der Waals surface area contributed by atoms with E-state index in [9.17, 15) is 0 Å². The Morgan fingerprint density at radius 1 is 0.409 bits per heavy atom. The fourth-order valence-electron chi connectivity index (χ4n) is 3.28. The lowest BCUT2D eigenvalue weighted by atomic mass is 9.97. The molecule has 0 radical (unpaired) electrons. The smallest absolute Gasteiger partial charge is 0.0327 e. The van der Waals surface area contributed by atoms with Gasteiger partial charge in [0.2, 0.25) is 0 Å². The van der Waals surface area contributed by atoms with Crippen molar-refractivity contribution in [3.05, 3.63) is 84.9 Å². The fourth-order valence-corrected chi connectivity index (χ4v) is 3.28. The zero-order valence-electron chi connectivity index (χ0n) is 12.0. The molecule has 0 spiro atoms. The molecular weight excluding hydrogens is 264 g/mol. The number of rotatable bonds is 0. The average molecular weight is 277 g/mol. The van der Waals surface area contributed by atoms with E-state index in [1.165, 1.54) is 43.1 Å². The first-order valence-corrected chi connectivity index (χ1v) is 7.54. The van der Waals surface area contributed by atoms with E-state index in [0.717, 1.165) is 0 Å². The Morgan fingerprint density at radius 3 is 1.23 bits per heavy atom. The van der Waals surface area contributed by atoms with Gasteiger partial charge >= 0.3 is 0 Å². The second kappa shape index (κ2) is 4.32. The molecule has 0 saturated carbocycles. The van der Waals surface area contributed by atoms with Gasteiger partial charge in [-0.25, -0.2) is 0 Å². The zero-order valence-corrected chi connectivity index (χ0v) is 12.0. The van der Waals surface area contributed by atoms with Crippen LogP contribution in [0, 0.1) is 6.07 Å². The minimum atomic E-state index is 1.18. The van der Waals surface area contributed by atoms with Crippen molar-refractivity contribution in [2.45, 2.75) is 0 Å². The molecule has 0 bridgehead atoms. The average Bonchev–Trinajstić information content (AvgIpc) is 2.56. The van der Waals surface area contributed by atoms with Crippen LogP contribution in [0.5, 0.6) is 0 Å². The highest BCUT2D eigenvalue weighted by atomic mass is 14.1. The van der Waals surface area contributed by atoms with E-state index in [-0.39, 0.29) is 0 Å². The molecule has 0 heterocycles. The zero-order chi connectivity index (χ0) is 14.5. The van der Waals surface area contributed by atoms with Crippen LogP contribution in [0.15, 0.2) is 78.9 Å². The maximum Gasteiger partial charge on any atom is -0.0327 e. The topological polar surface area (TPSA) is 0 Å². The van der Waals surface area contributed by atoms with E-state index in [0.29, 0.717) is 0 Å². The molecule has 22 heavy (non-hydrogen) atoms. The molecule has 5 aromatic carbocycles. The molecule has 102 valence electrons. The summed E-state index contributed by atoms with van der Waals surface area (Å²) >= 11 is 0. The highest BCUT2D eigenvalue weighted by Gasteiger charge is 1.97. The quantitative estimate of drug-likeness (QED) is 0.237. The Hall–Kier alpha value is -2.86. The second-order valence-corrected chi connectivity index (χ2v) is 5.84. The van der Waals surface area contributed by atoms with Crippen LogP contribution in [0.25, 0.3) is 43.1 Å². The predicted molar refractivity (Wildman–Crippen MR) is 95.3 cm³/mol. The summed E-state index contributed by atoms with van der Waals surface area (Å²) in [4.78, 5) is 0. The highest BCUT2D eigenvalue weighted by Crippen LogP contribution is 2.29. The van der Waals surface area contributed by atoms with Gasteiger partial charge in [-0.2, -0.15) is 0 Å². The second-order valence-electron chi connectivity index (χ2n) is 5.84. The van der Waals surface area contributed by atoms with Crippen molar-refractivity contribution in [1.82, 2.24) is 0 Å². The van der Waals surface area contributed by atoms with Crippen LogP contribution in [0.2, 0.25) is 0 Å². The van der Waals surface area contributed by atoms with E-state index < -0.39 is 0 Å². The van der Waals surface area contributed by atoms with E-state index in [4.69, 9.17) is 0 Å². The SMILES string of the molecule is [c-]1c2cc3ccccc3cc2cc2cc3ccccc3cc12. The molecule has 5 rings (SSSR count). The van der Waals surface area contributed by atoms with Gasteiger partial charge in [-0.05, 0) is 10.8 Å². The first-order valence-electron chi connectivity index (χ1n) is 7.54. The molecule has 0 unspecified atom stereocenters. The van der Waals surface area contributed by atoms with Crippen LogP contribution in [0.3, 0.4) is 0 Å². The molecule has 0 atom stereocenters. The maximum atomic E-state index is 3.59. The third-order valence-corrected chi connectivity index (χ3v) is 4.42. The highest BCUT2D eigenvalue weighted by molar-refractivity contribution is 6.07. The lowest BCUT2D eigenvalue weighted by Crippen LogP contribution is -1.80. The summed E-state index contributed by atoms with van der Waals surface area (Å²) in [5, 5.41) is 9.97. The molecule has 5 aromatic rings. The third kappa shape index (κ3) is 1.71. The molecule has 0 aliphatic rings. The first kappa shape index (κ1) is 11.8. The van der Waals surface area contributed by atoms with Crippen LogP contribution in [0.4, 0.5) is 0 Å². The first-order chi connectivity index (χ1) is 10.9. The molecule has 0 heteroatoms. The minimum absolute atomic E-state index is 1.18. The van der Waals surface area contributed by atoms with Crippen molar-refractivity contribution in [2.24, 2.45) is 0 Å². The molecule has 0 N–H and O–H groups in total. The van der Waals surface area contributed by atoms with Crippen molar-refractivity contribution < 1.29 is 0 Å². The van der Waals surface area contributed by atoms with Crippen LogP contribution in [0.1, 0.15) is 0 Å². The van der Waals surface area contributed by atoms with E-state index >= 15 is 0 Å². The van der Waals surface area contributed by atoms with Crippen LogP contribution in [-0.4, -0.2) is 0 Å². The Morgan fingerprint density at radius 2 is 0.773 bits per heavy atom. The molecule has 0 aliphatic heterocycles. The number of hydrogen-bond acceptors (Lipinski definition) is 0. The van der Waals surface area contributed by atoms with Crippen molar-refractivity contribution in [2.75, 3.05) is 0 Å². The van der Waals surface area contributed by atoms with Gasteiger partial charge in [0, 0.05) is 0 Å². The molecule has 0 amide bonds. The Balaban J connectivity index is 1.93. The van der Waals surface area contributed by atoms with Crippen LogP contribution < -0.4 is 0 Å². The molecule has 0 fully saturated rings. The lowest BCUT2D eigenvalue weighted by Gasteiger charge is -2.12. The molecule has 0 saturated heterocycles. The maximum absolute atomic E-state index is 3.59. The van der Waals surface area contributed by atoms with Crippen molar-refractivity contribution in [1.29, 1.82) is 0 Å². The number of fused-ring (bicyclic) bond motifs is 4. The van der Waals surface area contributed by atoms with Gasteiger partial charge in [-0.1, -0.05) is 82.2 Å². The van der Waals surface area contributed by atoms with Crippen LogP contribution >= 0.6 is 0 Å². The van der Waals surface area contributed by atoms with Gasteiger partial charge in [0.15, 0.2) is 0 Å². The largest absolute Gasteiger partial charge is 0.116 e. The third-order valence-electron chi connectivity index (χ3n) is 4.42. The molecule has 0 nitrogen and oxygen atoms in total. The minimum Gasteiger partial charge on any atom is -0.116 e. The number of hydrogen-bond donors (Lipinski definition) is 0. The summed E-state index contributed by atoms with van der Waals surface area (Å²) < 4.78 is 0. The molecule has 0 aromatic heterocycles. The lowest BCUT2D eigenvalue weighted by molar-refractivity contribution is 1.77. The summed E-state index contributed by atoms with van der Waals surface area (Å²) in [5.41, 5.74) is 0. The Kier molecular flexibility index (Phi) is 2.31. The van der Waals surface area contributed by atoms with E-state index in [2.05, 4.69) is 84.9 Å². The summed E-state index contributed by atoms with van der Waals surface area (Å²) in [6.07, 6.45) is 0. The van der Waals surface area contributed by atoms with Crippen LogP contribution in [-0.2, 0) is 0 Å². The van der Waals surface area contributed by atoms with Gasteiger partial charge < -0.3 is 0 Å². The van der Waals surface area contributed by atoms with E-state index in [1.807, 2.05) is 0 Å². The Bertz CT molecular complexity index is 982. The van der Waals surface area contributed by atoms with Gasteiger partial charge in [0.05, 0.1) is 0 Å². The molecular formula is C22H13-. The summed E-state index contributed by atoms with van der Waals surface area (Å²) in [6, 6.07) is 31.9. The van der Waals surface area contributed by atoms with Gasteiger partial charge in [-0.3, -0.25) is 0 Å². The summed E-state index contributed by atoms with van der Waals surface area (Å²) in [7, 11) is 0. The van der Waals surface area contributed by atoms with Crippen molar-refractivity contribution >= 4 is 43.1 Å². The standard InChI is InChI=1S/C22H13/c1-2-6-16-10-20-14-22-12-18-8-4-3-7-17(18)11-21(22)13-19(20)9-15(16)5-1/h1-13H/q-1. The summed E-state index contributed by atoms with van der Waals surface area (Å²) in [6.45, 7) is 0. The predicted octanol–water partition coefficient (Wildman–Crippen LogP) is 6.10. The van der Waals surface area contributed by atoms with Gasteiger partial charge in [-0.15, -0.1) is 35.0 Å². The van der Waals surface area contributed by atoms with Gasteiger partial charge in [0.1, 0.15) is 0 Å². The normalized spacial score (nSPS) is 11.6. The van der Waals surface area contributed by atoms with Crippen molar-refractivity contribution in [3.63, 3.8) is 0 Å².